The topological polar surface area (TPSA) is 86.8 Å². The summed E-state index contributed by atoms with van der Waals surface area (Å²) in [5, 5.41) is 4.05. The molecule has 1 aliphatic rings. The van der Waals surface area contributed by atoms with E-state index in [4.69, 9.17) is 23.2 Å². The lowest BCUT2D eigenvalue weighted by Crippen LogP contribution is -2.53. The molecule has 2 amide bonds. The van der Waals surface area contributed by atoms with E-state index in [2.05, 4.69) is 5.32 Å². The number of rotatable bonds is 9. The van der Waals surface area contributed by atoms with Crippen molar-refractivity contribution in [1.82, 2.24) is 10.2 Å². The van der Waals surface area contributed by atoms with Gasteiger partial charge in [-0.3, -0.25) is 13.9 Å². The molecule has 1 saturated carbocycles. The van der Waals surface area contributed by atoms with Crippen LogP contribution in [0.25, 0.3) is 0 Å². The van der Waals surface area contributed by atoms with Crippen LogP contribution in [0.15, 0.2) is 42.5 Å². The van der Waals surface area contributed by atoms with Crippen LogP contribution in [0.1, 0.15) is 50.2 Å². The number of carbonyl (C=O) groups is 2. The van der Waals surface area contributed by atoms with Crippen molar-refractivity contribution in [3.05, 3.63) is 63.6 Å². The molecule has 0 aromatic heterocycles. The van der Waals surface area contributed by atoms with Gasteiger partial charge in [-0.25, -0.2) is 8.42 Å². The summed E-state index contributed by atoms with van der Waals surface area (Å²) in [6.45, 7) is 3.05. The molecule has 1 atom stereocenters. The molecule has 1 aliphatic carbocycles. The Morgan fingerprint density at radius 2 is 1.72 bits per heavy atom. The van der Waals surface area contributed by atoms with Crippen LogP contribution in [0.2, 0.25) is 10.0 Å². The second kappa shape index (κ2) is 12.3. The maximum absolute atomic E-state index is 13.7. The Kier molecular flexibility index (Phi) is 9.66. The fourth-order valence-electron chi connectivity index (χ4n) is 4.48. The van der Waals surface area contributed by atoms with Gasteiger partial charge in [-0.1, -0.05) is 54.6 Å². The highest BCUT2D eigenvalue weighted by Gasteiger charge is 2.31. The molecule has 0 unspecified atom stereocenters. The largest absolute Gasteiger partial charge is 0.352 e. The molecule has 36 heavy (non-hydrogen) atoms. The SMILES string of the molecule is Cc1cc(Cl)ccc1N(CC(=O)N(Cc1cccc(Cl)c1)[C@H](C)C(=O)NC1CCCCC1)S(C)(=O)=O. The number of benzene rings is 2. The van der Waals surface area contributed by atoms with E-state index in [0.29, 0.717) is 21.3 Å². The van der Waals surface area contributed by atoms with E-state index >= 15 is 0 Å². The number of amides is 2. The van der Waals surface area contributed by atoms with E-state index < -0.39 is 28.5 Å². The minimum atomic E-state index is -3.81. The first-order valence-electron chi connectivity index (χ1n) is 12.0. The van der Waals surface area contributed by atoms with Gasteiger partial charge in [0, 0.05) is 22.6 Å². The number of aryl methyl sites for hydroxylation is 1. The summed E-state index contributed by atoms with van der Waals surface area (Å²) in [6, 6.07) is 11.1. The third-order valence-electron chi connectivity index (χ3n) is 6.47. The average molecular weight is 555 g/mol. The lowest BCUT2D eigenvalue weighted by atomic mass is 9.95. The van der Waals surface area contributed by atoms with Crippen molar-refractivity contribution < 1.29 is 18.0 Å². The van der Waals surface area contributed by atoms with Gasteiger partial charge in [0.15, 0.2) is 0 Å². The van der Waals surface area contributed by atoms with Crippen molar-refractivity contribution >= 4 is 50.7 Å². The number of sulfonamides is 1. The minimum Gasteiger partial charge on any atom is -0.352 e. The van der Waals surface area contributed by atoms with E-state index in [-0.39, 0.29) is 18.5 Å². The summed E-state index contributed by atoms with van der Waals surface area (Å²) in [6.07, 6.45) is 6.17. The molecule has 1 N–H and O–H groups in total. The van der Waals surface area contributed by atoms with Gasteiger partial charge < -0.3 is 10.2 Å². The second-order valence-electron chi connectivity index (χ2n) is 9.37. The Labute approximate surface area is 223 Å². The molecule has 10 heteroatoms. The Hall–Kier alpha value is -2.29. The van der Waals surface area contributed by atoms with Crippen LogP contribution in [-0.2, 0) is 26.2 Å². The molecule has 2 aromatic carbocycles. The average Bonchev–Trinajstić information content (AvgIpc) is 2.81. The summed E-state index contributed by atoms with van der Waals surface area (Å²) in [5.41, 5.74) is 1.71. The molecule has 196 valence electrons. The fraction of sp³-hybridized carbons (Fsp3) is 0.462. The highest BCUT2D eigenvalue weighted by molar-refractivity contribution is 7.92. The van der Waals surface area contributed by atoms with Crippen LogP contribution in [0.5, 0.6) is 0 Å². The molecule has 3 rings (SSSR count). The summed E-state index contributed by atoms with van der Waals surface area (Å²) >= 11 is 12.2. The van der Waals surface area contributed by atoms with E-state index in [1.54, 1.807) is 50.2 Å². The maximum Gasteiger partial charge on any atom is 0.244 e. The number of carbonyl (C=O) groups excluding carboxylic acids is 2. The van der Waals surface area contributed by atoms with Crippen molar-refractivity contribution in [2.75, 3.05) is 17.1 Å². The van der Waals surface area contributed by atoms with Gasteiger partial charge in [-0.05, 0) is 68.1 Å². The third-order valence-corrected chi connectivity index (χ3v) is 8.06. The van der Waals surface area contributed by atoms with E-state index in [9.17, 15) is 18.0 Å². The predicted molar refractivity (Wildman–Crippen MR) is 145 cm³/mol. The van der Waals surface area contributed by atoms with Crippen LogP contribution in [0.3, 0.4) is 0 Å². The van der Waals surface area contributed by atoms with Crippen LogP contribution < -0.4 is 9.62 Å². The first-order chi connectivity index (χ1) is 17.0. The van der Waals surface area contributed by atoms with Gasteiger partial charge in [-0.2, -0.15) is 0 Å². The number of nitrogens with one attached hydrogen (secondary N) is 1. The van der Waals surface area contributed by atoms with E-state index in [0.717, 1.165) is 48.2 Å². The Morgan fingerprint density at radius 1 is 1.06 bits per heavy atom. The summed E-state index contributed by atoms with van der Waals surface area (Å²) in [5.74, 6) is -0.757. The number of halogens is 2. The van der Waals surface area contributed by atoms with Crippen molar-refractivity contribution in [1.29, 1.82) is 0 Å². The molecule has 0 heterocycles. The normalized spacial score (nSPS) is 15.2. The second-order valence-corrected chi connectivity index (χ2v) is 12.2. The number of anilines is 1. The first-order valence-corrected chi connectivity index (χ1v) is 14.6. The van der Waals surface area contributed by atoms with Gasteiger partial charge in [0.1, 0.15) is 12.6 Å². The lowest BCUT2D eigenvalue weighted by molar-refractivity contribution is -0.139. The van der Waals surface area contributed by atoms with Gasteiger partial charge in [0.25, 0.3) is 0 Å². The first kappa shape index (κ1) is 28.3. The molecule has 0 spiro atoms. The van der Waals surface area contributed by atoms with Gasteiger partial charge in [0.05, 0.1) is 11.9 Å². The molecule has 0 radical (unpaired) electrons. The molecule has 2 aromatic rings. The standard InChI is InChI=1S/C26H33Cl2N3O4S/c1-18-14-22(28)12-13-24(18)31(36(3,34)35)17-25(32)30(16-20-8-7-9-21(27)15-20)19(2)26(33)29-23-10-5-4-6-11-23/h7-9,12-15,19,23H,4-6,10-11,16-17H2,1-3H3,(H,29,33)/t19-/m1/s1. The van der Waals surface area contributed by atoms with Crippen LogP contribution >= 0.6 is 23.2 Å². The molecular weight excluding hydrogens is 521 g/mol. The van der Waals surface area contributed by atoms with Crippen molar-refractivity contribution in [3.8, 4) is 0 Å². The smallest absolute Gasteiger partial charge is 0.244 e. The quantitative estimate of drug-likeness (QED) is 0.476. The molecule has 1 fully saturated rings. The van der Waals surface area contributed by atoms with Crippen LogP contribution in [0, 0.1) is 6.92 Å². The number of hydrogen-bond donors (Lipinski definition) is 1. The fourth-order valence-corrected chi connectivity index (χ4v) is 5.82. The van der Waals surface area contributed by atoms with Gasteiger partial charge >= 0.3 is 0 Å². The van der Waals surface area contributed by atoms with Crippen LogP contribution in [0.4, 0.5) is 5.69 Å². The Morgan fingerprint density at radius 3 is 2.33 bits per heavy atom. The maximum atomic E-state index is 13.7. The van der Waals surface area contributed by atoms with Crippen LogP contribution in [-0.4, -0.2) is 50.0 Å². The van der Waals surface area contributed by atoms with Crippen molar-refractivity contribution in [2.45, 2.75) is 64.6 Å². The molecule has 0 aliphatic heterocycles. The van der Waals surface area contributed by atoms with Crippen molar-refractivity contribution in [2.24, 2.45) is 0 Å². The monoisotopic (exact) mass is 553 g/mol. The zero-order chi connectivity index (χ0) is 26.5. The summed E-state index contributed by atoms with van der Waals surface area (Å²) < 4.78 is 26.5. The van der Waals surface area contributed by atoms with Crippen molar-refractivity contribution in [3.63, 3.8) is 0 Å². The molecule has 7 nitrogen and oxygen atoms in total. The summed E-state index contributed by atoms with van der Waals surface area (Å²) in [4.78, 5) is 28.3. The Balaban J connectivity index is 1.89. The summed E-state index contributed by atoms with van der Waals surface area (Å²) in [7, 11) is -3.81. The van der Waals surface area contributed by atoms with E-state index in [1.165, 1.54) is 4.90 Å². The molecule has 0 saturated heterocycles. The zero-order valence-corrected chi connectivity index (χ0v) is 23.2. The highest BCUT2D eigenvalue weighted by atomic mass is 35.5. The molecular formula is C26H33Cl2N3O4S. The minimum absolute atomic E-state index is 0.0843. The third kappa shape index (κ3) is 7.60. The predicted octanol–water partition coefficient (Wildman–Crippen LogP) is 4.93. The Bertz CT molecular complexity index is 1200. The number of nitrogens with zero attached hydrogens (tertiary/aromatic N) is 2. The van der Waals surface area contributed by atoms with E-state index in [1.807, 2.05) is 6.07 Å². The zero-order valence-electron chi connectivity index (χ0n) is 20.8. The lowest BCUT2D eigenvalue weighted by Gasteiger charge is -2.33. The van der Waals surface area contributed by atoms with Gasteiger partial charge in [-0.15, -0.1) is 0 Å². The highest BCUT2D eigenvalue weighted by Crippen LogP contribution is 2.26. The molecule has 0 bridgehead atoms. The van der Waals surface area contributed by atoms with Gasteiger partial charge in [0.2, 0.25) is 21.8 Å². The number of hydrogen-bond acceptors (Lipinski definition) is 4.